The maximum absolute atomic E-state index is 13.2. The van der Waals surface area contributed by atoms with Gasteiger partial charge >= 0.3 is 0 Å². The molecular formula is C29H30FN3O5. The fraction of sp³-hybridized carbons (Fsp3) is 0.276. The van der Waals surface area contributed by atoms with Crippen molar-refractivity contribution >= 4 is 17.5 Å². The van der Waals surface area contributed by atoms with Gasteiger partial charge in [0.1, 0.15) is 18.2 Å². The second-order valence-corrected chi connectivity index (χ2v) is 8.68. The number of benzene rings is 3. The summed E-state index contributed by atoms with van der Waals surface area (Å²) in [5.74, 6) is -0.313. The number of halogens is 1. The van der Waals surface area contributed by atoms with Gasteiger partial charge in [0.2, 0.25) is 5.91 Å². The summed E-state index contributed by atoms with van der Waals surface area (Å²) in [6, 6.07) is 23.2. The molecule has 0 aliphatic carbocycles. The third kappa shape index (κ3) is 8.41. The average molecular weight is 520 g/mol. The summed E-state index contributed by atoms with van der Waals surface area (Å²) >= 11 is 0. The van der Waals surface area contributed by atoms with Gasteiger partial charge in [-0.25, -0.2) is 4.39 Å². The van der Waals surface area contributed by atoms with Crippen molar-refractivity contribution in [2.75, 3.05) is 39.5 Å². The molecule has 9 heteroatoms. The molecule has 1 heterocycles. The Kier molecular flexibility index (Phi) is 9.81. The van der Waals surface area contributed by atoms with Crippen LogP contribution in [0.2, 0.25) is 0 Å². The molecule has 0 atom stereocenters. The smallest absolute Gasteiger partial charge is 0.258 e. The number of nitrogens with one attached hydrogen (secondary N) is 1. The topological polar surface area (TPSA) is 89.5 Å². The number of morpholine rings is 1. The number of rotatable bonds is 11. The highest BCUT2D eigenvalue weighted by Crippen LogP contribution is 2.16. The van der Waals surface area contributed by atoms with Crippen LogP contribution in [0, 0.1) is 5.82 Å². The van der Waals surface area contributed by atoms with E-state index in [0.29, 0.717) is 44.2 Å². The number of amides is 2. The lowest BCUT2D eigenvalue weighted by molar-refractivity contribution is -0.136. The molecule has 1 aliphatic rings. The first-order valence-electron chi connectivity index (χ1n) is 12.4. The fourth-order valence-corrected chi connectivity index (χ4v) is 3.78. The van der Waals surface area contributed by atoms with E-state index in [4.69, 9.17) is 14.3 Å². The fourth-order valence-electron chi connectivity index (χ4n) is 3.78. The minimum atomic E-state index is -0.379. The summed E-state index contributed by atoms with van der Waals surface area (Å²) in [6.45, 7) is 2.02. The predicted octanol–water partition coefficient (Wildman–Crippen LogP) is 3.34. The minimum Gasteiger partial charge on any atom is -0.484 e. The van der Waals surface area contributed by atoms with E-state index in [9.17, 15) is 14.0 Å². The van der Waals surface area contributed by atoms with Gasteiger partial charge in [0.15, 0.2) is 6.61 Å². The maximum Gasteiger partial charge on any atom is 0.258 e. The van der Waals surface area contributed by atoms with E-state index in [-0.39, 0.29) is 37.4 Å². The van der Waals surface area contributed by atoms with Crippen molar-refractivity contribution in [1.82, 2.24) is 10.2 Å². The SMILES string of the molecule is O=C(COc1ccc(/C(Cc2ccccc2)=N\OCc2ccc(F)cc2)cc1)NCC(=O)N1CCOCC1. The Morgan fingerprint density at radius 3 is 2.34 bits per heavy atom. The molecule has 0 bridgehead atoms. The number of carbonyl (C=O) groups excluding carboxylic acids is 2. The lowest BCUT2D eigenvalue weighted by atomic mass is 10.0. The van der Waals surface area contributed by atoms with Crippen LogP contribution in [0.4, 0.5) is 4.39 Å². The third-order valence-electron chi connectivity index (χ3n) is 5.89. The van der Waals surface area contributed by atoms with Crippen molar-refractivity contribution in [2.24, 2.45) is 5.16 Å². The first-order valence-corrected chi connectivity index (χ1v) is 12.4. The van der Waals surface area contributed by atoms with Crippen molar-refractivity contribution in [1.29, 1.82) is 0 Å². The van der Waals surface area contributed by atoms with Crippen molar-refractivity contribution in [3.05, 3.63) is 101 Å². The summed E-state index contributed by atoms with van der Waals surface area (Å²) in [5, 5.41) is 6.96. The summed E-state index contributed by atoms with van der Waals surface area (Å²) in [5.41, 5.74) is 3.42. The van der Waals surface area contributed by atoms with E-state index >= 15 is 0 Å². The molecule has 38 heavy (non-hydrogen) atoms. The first kappa shape index (κ1) is 26.8. The predicted molar refractivity (Wildman–Crippen MR) is 140 cm³/mol. The molecule has 1 fully saturated rings. The van der Waals surface area contributed by atoms with E-state index < -0.39 is 0 Å². The van der Waals surface area contributed by atoms with Crippen LogP contribution in [0.3, 0.4) is 0 Å². The highest BCUT2D eigenvalue weighted by molar-refractivity contribution is 6.01. The van der Waals surface area contributed by atoms with Crippen LogP contribution >= 0.6 is 0 Å². The molecule has 8 nitrogen and oxygen atoms in total. The van der Waals surface area contributed by atoms with Gasteiger partial charge < -0.3 is 24.5 Å². The molecule has 2 amide bonds. The standard InChI is InChI=1S/C29H30FN3O5/c30-25-10-6-23(7-11-25)20-38-32-27(18-22-4-2-1-3-5-22)24-8-12-26(13-9-24)37-21-28(34)31-19-29(35)33-14-16-36-17-15-33/h1-13H,14-21H2,(H,31,34)/b32-27-. The average Bonchev–Trinajstić information content (AvgIpc) is 2.96. The van der Waals surface area contributed by atoms with Crippen LogP contribution in [0.1, 0.15) is 16.7 Å². The highest BCUT2D eigenvalue weighted by atomic mass is 19.1. The summed E-state index contributed by atoms with van der Waals surface area (Å²) in [7, 11) is 0. The summed E-state index contributed by atoms with van der Waals surface area (Å²) < 4.78 is 24.0. The number of nitrogens with zero attached hydrogens (tertiary/aromatic N) is 2. The van der Waals surface area contributed by atoms with Gasteiger partial charge in [-0.2, -0.15) is 0 Å². The first-order chi connectivity index (χ1) is 18.6. The monoisotopic (exact) mass is 519 g/mol. The summed E-state index contributed by atoms with van der Waals surface area (Å²) in [4.78, 5) is 31.6. The molecule has 3 aromatic rings. The largest absolute Gasteiger partial charge is 0.484 e. The Balaban J connectivity index is 1.32. The molecular weight excluding hydrogens is 489 g/mol. The molecule has 0 aromatic heterocycles. The van der Waals surface area contributed by atoms with Crippen LogP contribution in [0.5, 0.6) is 5.75 Å². The van der Waals surface area contributed by atoms with E-state index in [1.807, 2.05) is 42.5 Å². The number of ether oxygens (including phenoxy) is 2. The van der Waals surface area contributed by atoms with E-state index in [1.54, 1.807) is 29.2 Å². The van der Waals surface area contributed by atoms with Gasteiger partial charge in [0.25, 0.3) is 5.91 Å². The zero-order chi connectivity index (χ0) is 26.6. The summed E-state index contributed by atoms with van der Waals surface area (Å²) in [6.07, 6.45) is 0.546. The van der Waals surface area contributed by atoms with Gasteiger partial charge in [-0.1, -0.05) is 47.6 Å². The zero-order valence-corrected chi connectivity index (χ0v) is 21.0. The number of hydrogen-bond acceptors (Lipinski definition) is 6. The number of oxime groups is 1. The number of carbonyl (C=O) groups is 2. The van der Waals surface area contributed by atoms with Crippen molar-refractivity contribution < 1.29 is 28.3 Å². The Morgan fingerprint density at radius 1 is 0.921 bits per heavy atom. The molecule has 0 saturated carbocycles. The lowest BCUT2D eigenvalue weighted by Crippen LogP contribution is -2.46. The van der Waals surface area contributed by atoms with Crippen molar-refractivity contribution in [3.63, 3.8) is 0 Å². The lowest BCUT2D eigenvalue weighted by Gasteiger charge is -2.26. The van der Waals surface area contributed by atoms with Crippen LogP contribution in [0.15, 0.2) is 84.0 Å². The van der Waals surface area contributed by atoms with Crippen LogP contribution in [-0.4, -0.2) is 61.9 Å². The molecule has 0 radical (unpaired) electrons. The van der Waals surface area contributed by atoms with Crippen LogP contribution < -0.4 is 10.1 Å². The van der Waals surface area contributed by atoms with E-state index in [1.165, 1.54) is 12.1 Å². The quantitative estimate of drug-likeness (QED) is 0.310. The molecule has 198 valence electrons. The Bertz CT molecular complexity index is 1210. The van der Waals surface area contributed by atoms with Crippen molar-refractivity contribution in [3.8, 4) is 5.75 Å². The van der Waals surface area contributed by atoms with Crippen LogP contribution in [-0.2, 0) is 32.2 Å². The molecule has 3 aromatic carbocycles. The van der Waals surface area contributed by atoms with Gasteiger partial charge in [-0.05, 0) is 53.1 Å². The van der Waals surface area contributed by atoms with Gasteiger partial charge in [0, 0.05) is 19.5 Å². The van der Waals surface area contributed by atoms with Gasteiger partial charge in [-0.15, -0.1) is 0 Å². The van der Waals surface area contributed by atoms with Crippen LogP contribution in [0.25, 0.3) is 0 Å². The molecule has 0 spiro atoms. The zero-order valence-electron chi connectivity index (χ0n) is 21.0. The normalized spacial score (nSPS) is 13.6. The molecule has 0 unspecified atom stereocenters. The molecule has 4 rings (SSSR count). The molecule has 1 aliphatic heterocycles. The Morgan fingerprint density at radius 2 is 1.63 bits per heavy atom. The van der Waals surface area contributed by atoms with Crippen molar-refractivity contribution in [2.45, 2.75) is 13.0 Å². The van der Waals surface area contributed by atoms with E-state index in [2.05, 4.69) is 10.5 Å². The van der Waals surface area contributed by atoms with E-state index in [0.717, 1.165) is 16.7 Å². The highest BCUT2D eigenvalue weighted by Gasteiger charge is 2.17. The minimum absolute atomic E-state index is 0.0711. The molecule has 1 N–H and O–H groups in total. The number of hydrogen-bond donors (Lipinski definition) is 1. The second-order valence-electron chi connectivity index (χ2n) is 8.68. The van der Waals surface area contributed by atoms with Gasteiger partial charge in [-0.3, -0.25) is 9.59 Å². The Labute approximate surface area is 221 Å². The molecule has 1 saturated heterocycles. The second kappa shape index (κ2) is 13.9. The maximum atomic E-state index is 13.2. The third-order valence-corrected chi connectivity index (χ3v) is 5.89. The Hall–Kier alpha value is -4.24. The van der Waals surface area contributed by atoms with Gasteiger partial charge in [0.05, 0.1) is 25.5 Å².